The average Bonchev–Trinajstić information content (AvgIpc) is 2.06. The van der Waals surface area contributed by atoms with Crippen LogP contribution in [-0.2, 0) is 4.79 Å². The summed E-state index contributed by atoms with van der Waals surface area (Å²) in [6.45, 7) is 5.53. The zero-order valence-electron chi connectivity index (χ0n) is 7.74. The van der Waals surface area contributed by atoms with Crippen LogP contribution in [-0.4, -0.2) is 25.5 Å². The van der Waals surface area contributed by atoms with E-state index in [1.807, 2.05) is 0 Å². The summed E-state index contributed by atoms with van der Waals surface area (Å²) >= 11 is 0. The molecule has 0 aromatic heterocycles. The summed E-state index contributed by atoms with van der Waals surface area (Å²) in [7, 11) is 0. The number of hydrogen-bond donors (Lipinski definition) is 2. The van der Waals surface area contributed by atoms with Gasteiger partial charge in [-0.2, -0.15) is 0 Å². The zero-order valence-corrected chi connectivity index (χ0v) is 7.74. The average molecular weight is 168 g/mol. The topological polar surface area (TPSA) is 41.1 Å². The largest absolute Gasteiger partial charge is 0.344 e. The van der Waals surface area contributed by atoms with E-state index in [1.165, 1.54) is 0 Å². The van der Waals surface area contributed by atoms with E-state index in [0.29, 0.717) is 13.1 Å². The molecule has 3 heteroatoms. The summed E-state index contributed by atoms with van der Waals surface area (Å²) < 4.78 is 0. The summed E-state index contributed by atoms with van der Waals surface area (Å²) in [5.74, 6) is 5.47. The predicted molar refractivity (Wildman–Crippen MR) is 49.6 cm³/mol. The summed E-state index contributed by atoms with van der Waals surface area (Å²) in [5, 5.41) is 5.67. The van der Waals surface area contributed by atoms with E-state index in [0.717, 1.165) is 13.0 Å². The molecular weight excluding hydrogens is 152 g/mol. The van der Waals surface area contributed by atoms with Crippen LogP contribution in [0.2, 0.25) is 0 Å². The van der Waals surface area contributed by atoms with Gasteiger partial charge in [0, 0.05) is 0 Å². The number of amides is 1. The fourth-order valence-electron chi connectivity index (χ4n) is 0.672. The minimum absolute atomic E-state index is 0.00574. The maximum absolute atomic E-state index is 11.0. The molecule has 0 aliphatic carbocycles. The molecule has 0 unspecified atom stereocenters. The molecule has 0 saturated heterocycles. The lowest BCUT2D eigenvalue weighted by molar-refractivity contribution is -0.119. The maximum atomic E-state index is 11.0. The first-order valence-corrected chi connectivity index (χ1v) is 4.18. The van der Waals surface area contributed by atoms with Gasteiger partial charge in [0.15, 0.2) is 0 Å². The van der Waals surface area contributed by atoms with E-state index in [4.69, 9.17) is 0 Å². The SMILES string of the molecule is CC#CCNC(=O)CNCCC. The van der Waals surface area contributed by atoms with Crippen LogP contribution in [0, 0.1) is 11.8 Å². The third-order valence-electron chi connectivity index (χ3n) is 1.26. The van der Waals surface area contributed by atoms with Gasteiger partial charge in [0.1, 0.15) is 0 Å². The van der Waals surface area contributed by atoms with Gasteiger partial charge in [0.05, 0.1) is 13.1 Å². The Kier molecular flexibility index (Phi) is 7.41. The number of hydrogen-bond acceptors (Lipinski definition) is 2. The van der Waals surface area contributed by atoms with E-state index >= 15 is 0 Å². The highest BCUT2D eigenvalue weighted by Gasteiger charge is 1.95. The van der Waals surface area contributed by atoms with Gasteiger partial charge >= 0.3 is 0 Å². The molecule has 1 amide bonds. The monoisotopic (exact) mass is 168 g/mol. The van der Waals surface area contributed by atoms with Gasteiger partial charge in [-0.3, -0.25) is 4.79 Å². The molecule has 0 aromatic rings. The first-order valence-electron chi connectivity index (χ1n) is 4.18. The molecule has 0 spiro atoms. The van der Waals surface area contributed by atoms with Gasteiger partial charge < -0.3 is 10.6 Å². The molecule has 0 fully saturated rings. The number of nitrogens with one attached hydrogen (secondary N) is 2. The van der Waals surface area contributed by atoms with Gasteiger partial charge in [0.2, 0.25) is 5.91 Å². The third-order valence-corrected chi connectivity index (χ3v) is 1.26. The summed E-state index contributed by atoms with van der Waals surface area (Å²) in [6.07, 6.45) is 1.04. The highest BCUT2D eigenvalue weighted by atomic mass is 16.1. The molecular formula is C9H16N2O. The maximum Gasteiger partial charge on any atom is 0.234 e. The highest BCUT2D eigenvalue weighted by Crippen LogP contribution is 1.69. The van der Waals surface area contributed by atoms with Crippen molar-refractivity contribution in [3.05, 3.63) is 0 Å². The molecule has 12 heavy (non-hydrogen) atoms. The van der Waals surface area contributed by atoms with Crippen molar-refractivity contribution in [2.24, 2.45) is 0 Å². The Morgan fingerprint density at radius 3 is 2.83 bits per heavy atom. The molecule has 0 bridgehead atoms. The smallest absolute Gasteiger partial charge is 0.234 e. The molecule has 0 aromatic carbocycles. The van der Waals surface area contributed by atoms with Gasteiger partial charge in [-0.15, -0.1) is 5.92 Å². The molecule has 0 aliphatic heterocycles. The first kappa shape index (κ1) is 11.0. The molecule has 2 N–H and O–H groups in total. The molecule has 0 aliphatic rings. The second-order valence-electron chi connectivity index (χ2n) is 2.38. The summed E-state index contributed by atoms with van der Waals surface area (Å²) in [4.78, 5) is 11.0. The van der Waals surface area contributed by atoms with E-state index < -0.39 is 0 Å². The quantitative estimate of drug-likeness (QED) is 0.452. The van der Waals surface area contributed by atoms with Gasteiger partial charge in [-0.1, -0.05) is 12.8 Å². The van der Waals surface area contributed by atoms with Crippen molar-refractivity contribution >= 4 is 5.91 Å². The Balaban J connectivity index is 3.25. The Morgan fingerprint density at radius 1 is 1.50 bits per heavy atom. The molecule has 3 nitrogen and oxygen atoms in total. The summed E-state index contributed by atoms with van der Waals surface area (Å²) in [6, 6.07) is 0. The molecule has 0 radical (unpaired) electrons. The first-order chi connectivity index (χ1) is 5.81. The van der Waals surface area contributed by atoms with Gasteiger partial charge in [-0.05, 0) is 19.9 Å². The van der Waals surface area contributed by atoms with E-state index in [9.17, 15) is 4.79 Å². The van der Waals surface area contributed by atoms with Crippen LogP contribution in [0.5, 0.6) is 0 Å². The lowest BCUT2D eigenvalue weighted by atomic mass is 10.4. The predicted octanol–water partition coefficient (Wildman–Crippen LogP) is 0.125. The van der Waals surface area contributed by atoms with E-state index in [-0.39, 0.29) is 5.91 Å². The Bertz CT molecular complexity index is 179. The second kappa shape index (κ2) is 8.09. The number of carbonyl (C=O) groups is 1. The number of carbonyl (C=O) groups excluding carboxylic acids is 1. The van der Waals surface area contributed by atoms with E-state index in [1.54, 1.807) is 6.92 Å². The minimum atomic E-state index is 0.00574. The normalized spacial score (nSPS) is 8.50. The van der Waals surface area contributed by atoms with Crippen LogP contribution in [0.4, 0.5) is 0 Å². The van der Waals surface area contributed by atoms with Crippen LogP contribution in [0.25, 0.3) is 0 Å². The standard InChI is InChI=1S/C9H16N2O/c1-3-5-7-11-9(12)8-10-6-4-2/h10H,4,6-8H2,1-2H3,(H,11,12). The summed E-state index contributed by atoms with van der Waals surface area (Å²) in [5.41, 5.74) is 0. The van der Waals surface area contributed by atoms with Crippen molar-refractivity contribution in [3.8, 4) is 11.8 Å². The van der Waals surface area contributed by atoms with Gasteiger partial charge in [0.25, 0.3) is 0 Å². The number of rotatable bonds is 5. The Morgan fingerprint density at radius 2 is 2.25 bits per heavy atom. The Hall–Kier alpha value is -1.01. The van der Waals surface area contributed by atoms with Crippen molar-refractivity contribution in [1.82, 2.24) is 10.6 Å². The molecule has 0 heterocycles. The fraction of sp³-hybridized carbons (Fsp3) is 0.667. The van der Waals surface area contributed by atoms with Crippen LogP contribution in [0.1, 0.15) is 20.3 Å². The second-order valence-corrected chi connectivity index (χ2v) is 2.38. The molecule has 0 atom stereocenters. The van der Waals surface area contributed by atoms with Crippen LogP contribution >= 0.6 is 0 Å². The molecule has 68 valence electrons. The fourth-order valence-corrected chi connectivity index (χ4v) is 0.672. The lowest BCUT2D eigenvalue weighted by Gasteiger charge is -2.01. The van der Waals surface area contributed by atoms with Gasteiger partial charge in [-0.25, -0.2) is 0 Å². The molecule has 0 rings (SSSR count). The zero-order chi connectivity index (χ0) is 9.23. The van der Waals surface area contributed by atoms with Crippen molar-refractivity contribution in [2.45, 2.75) is 20.3 Å². The Labute approximate surface area is 73.9 Å². The van der Waals surface area contributed by atoms with Crippen molar-refractivity contribution in [2.75, 3.05) is 19.6 Å². The highest BCUT2D eigenvalue weighted by molar-refractivity contribution is 5.78. The molecule has 0 saturated carbocycles. The minimum Gasteiger partial charge on any atom is -0.344 e. The van der Waals surface area contributed by atoms with Crippen molar-refractivity contribution in [1.29, 1.82) is 0 Å². The lowest BCUT2D eigenvalue weighted by Crippen LogP contribution is -2.34. The van der Waals surface area contributed by atoms with Crippen LogP contribution < -0.4 is 10.6 Å². The third kappa shape index (κ3) is 7.10. The van der Waals surface area contributed by atoms with Crippen molar-refractivity contribution < 1.29 is 4.79 Å². The van der Waals surface area contributed by atoms with E-state index in [2.05, 4.69) is 29.4 Å². The van der Waals surface area contributed by atoms with Crippen molar-refractivity contribution in [3.63, 3.8) is 0 Å². The van der Waals surface area contributed by atoms with Crippen LogP contribution in [0.3, 0.4) is 0 Å². The van der Waals surface area contributed by atoms with Crippen LogP contribution in [0.15, 0.2) is 0 Å².